The number of methoxy groups -OCH3 is 2. The molecule has 6 heteroatoms. The van der Waals surface area contributed by atoms with Gasteiger partial charge in [-0.1, -0.05) is 18.5 Å². The molecule has 128 valence electrons. The first kappa shape index (κ1) is 19.3. The molecule has 1 N–H and O–H groups in total. The van der Waals surface area contributed by atoms with Gasteiger partial charge in [0.1, 0.15) is 0 Å². The third-order valence-corrected chi connectivity index (χ3v) is 3.23. The van der Waals surface area contributed by atoms with Crippen molar-refractivity contribution in [3.05, 3.63) is 28.8 Å². The van der Waals surface area contributed by atoms with Gasteiger partial charge in [0.25, 0.3) is 0 Å². The Balaban J connectivity index is 2.71. The molecular formula is C17H24ClNO4. The predicted molar refractivity (Wildman–Crippen MR) is 92.3 cm³/mol. The van der Waals surface area contributed by atoms with Crippen LogP contribution in [0.4, 0.5) is 0 Å². The summed E-state index contributed by atoms with van der Waals surface area (Å²) in [5.41, 5.74) is 0.766. The average molecular weight is 342 g/mol. The van der Waals surface area contributed by atoms with E-state index in [2.05, 4.69) is 5.32 Å². The molecule has 0 unspecified atom stereocenters. The van der Waals surface area contributed by atoms with Crippen molar-refractivity contribution in [1.29, 1.82) is 0 Å². The zero-order valence-corrected chi connectivity index (χ0v) is 14.6. The molecule has 0 aromatic heterocycles. The van der Waals surface area contributed by atoms with E-state index >= 15 is 0 Å². The monoisotopic (exact) mass is 341 g/mol. The second-order valence-corrected chi connectivity index (χ2v) is 5.26. The number of rotatable bonds is 10. The molecule has 0 spiro atoms. The van der Waals surface area contributed by atoms with E-state index in [1.807, 2.05) is 6.92 Å². The van der Waals surface area contributed by atoms with Crippen LogP contribution < -0.4 is 14.8 Å². The Hall–Kier alpha value is -1.72. The maximum Gasteiger partial charge on any atom is 0.244 e. The molecular weight excluding hydrogens is 318 g/mol. The SMILES string of the molecule is CCCOc1c(Cl)cc(/C=C/C(=O)NCCCOC)cc1OC. The first-order chi connectivity index (χ1) is 11.1. The van der Waals surface area contributed by atoms with Gasteiger partial charge in [-0.2, -0.15) is 0 Å². The molecule has 1 aromatic carbocycles. The van der Waals surface area contributed by atoms with Crippen LogP contribution in [-0.4, -0.2) is 39.9 Å². The van der Waals surface area contributed by atoms with Crippen molar-refractivity contribution in [1.82, 2.24) is 5.32 Å². The van der Waals surface area contributed by atoms with E-state index in [0.717, 1.165) is 18.4 Å². The second-order valence-electron chi connectivity index (χ2n) is 4.85. The molecule has 1 amide bonds. The van der Waals surface area contributed by atoms with E-state index in [4.69, 9.17) is 25.8 Å². The molecule has 1 aromatic rings. The Kier molecular flexibility index (Phi) is 9.17. The maximum absolute atomic E-state index is 11.7. The summed E-state index contributed by atoms with van der Waals surface area (Å²) >= 11 is 6.23. The van der Waals surface area contributed by atoms with E-state index in [0.29, 0.717) is 36.3 Å². The van der Waals surface area contributed by atoms with Gasteiger partial charge in [0.15, 0.2) is 11.5 Å². The van der Waals surface area contributed by atoms with Crippen molar-refractivity contribution in [2.24, 2.45) is 0 Å². The fourth-order valence-electron chi connectivity index (χ4n) is 1.84. The highest BCUT2D eigenvalue weighted by molar-refractivity contribution is 6.32. The predicted octanol–water partition coefficient (Wildman–Crippen LogP) is 3.30. The largest absolute Gasteiger partial charge is 0.493 e. The number of amides is 1. The van der Waals surface area contributed by atoms with Crippen molar-refractivity contribution >= 4 is 23.6 Å². The van der Waals surface area contributed by atoms with Crippen LogP contribution in [0.3, 0.4) is 0 Å². The van der Waals surface area contributed by atoms with Gasteiger partial charge in [-0.15, -0.1) is 0 Å². The summed E-state index contributed by atoms with van der Waals surface area (Å²) < 4.78 is 15.8. The molecule has 0 bridgehead atoms. The normalized spacial score (nSPS) is 10.8. The zero-order valence-electron chi connectivity index (χ0n) is 13.9. The molecule has 0 saturated carbocycles. The number of halogens is 1. The van der Waals surface area contributed by atoms with Crippen molar-refractivity contribution in [2.75, 3.05) is 34.0 Å². The quantitative estimate of drug-likeness (QED) is 0.524. The van der Waals surface area contributed by atoms with Gasteiger partial charge in [-0.25, -0.2) is 0 Å². The molecule has 5 nitrogen and oxygen atoms in total. The number of hydrogen-bond acceptors (Lipinski definition) is 4. The highest BCUT2D eigenvalue weighted by atomic mass is 35.5. The van der Waals surface area contributed by atoms with E-state index in [-0.39, 0.29) is 5.91 Å². The smallest absolute Gasteiger partial charge is 0.244 e. The van der Waals surface area contributed by atoms with Crippen LogP contribution in [0, 0.1) is 0 Å². The number of nitrogens with one attached hydrogen (secondary N) is 1. The minimum atomic E-state index is -0.164. The van der Waals surface area contributed by atoms with Crippen LogP contribution in [0.15, 0.2) is 18.2 Å². The van der Waals surface area contributed by atoms with E-state index in [9.17, 15) is 4.79 Å². The molecule has 23 heavy (non-hydrogen) atoms. The molecule has 0 fully saturated rings. The lowest BCUT2D eigenvalue weighted by Gasteiger charge is -2.12. The van der Waals surface area contributed by atoms with Crippen LogP contribution in [0.1, 0.15) is 25.3 Å². The minimum Gasteiger partial charge on any atom is -0.493 e. The molecule has 0 saturated heterocycles. The van der Waals surface area contributed by atoms with Crippen LogP contribution >= 0.6 is 11.6 Å². The van der Waals surface area contributed by atoms with Gasteiger partial charge in [0.2, 0.25) is 5.91 Å². The van der Waals surface area contributed by atoms with Crippen LogP contribution in [0.2, 0.25) is 5.02 Å². The summed E-state index contributed by atoms with van der Waals surface area (Å²) in [7, 11) is 3.19. The summed E-state index contributed by atoms with van der Waals surface area (Å²) in [6.45, 7) is 3.78. The van der Waals surface area contributed by atoms with Gasteiger partial charge in [0.05, 0.1) is 18.7 Å². The summed E-state index contributed by atoms with van der Waals surface area (Å²) in [6.07, 6.45) is 4.80. The standard InChI is InChI=1S/C17H24ClNO4/c1-4-9-23-17-14(18)11-13(12-15(17)22-3)6-7-16(20)19-8-5-10-21-2/h6-7,11-12H,4-5,8-10H2,1-3H3,(H,19,20)/b7-6+. The lowest BCUT2D eigenvalue weighted by molar-refractivity contribution is -0.116. The minimum absolute atomic E-state index is 0.164. The maximum atomic E-state index is 11.7. The number of carbonyl (C=O) groups is 1. The third-order valence-electron chi connectivity index (χ3n) is 2.95. The number of carbonyl (C=O) groups excluding carboxylic acids is 1. The second kappa shape index (κ2) is 10.9. The van der Waals surface area contributed by atoms with Crippen molar-refractivity contribution in [2.45, 2.75) is 19.8 Å². The highest BCUT2D eigenvalue weighted by Crippen LogP contribution is 2.36. The Labute approximate surface area is 142 Å². The fourth-order valence-corrected chi connectivity index (χ4v) is 2.11. The van der Waals surface area contributed by atoms with Crippen LogP contribution in [0.25, 0.3) is 6.08 Å². The lowest BCUT2D eigenvalue weighted by atomic mass is 10.2. The molecule has 0 aliphatic heterocycles. The number of ether oxygens (including phenoxy) is 3. The van der Waals surface area contributed by atoms with Gasteiger partial charge < -0.3 is 19.5 Å². The summed E-state index contributed by atoms with van der Waals surface area (Å²) in [6, 6.07) is 3.52. The highest BCUT2D eigenvalue weighted by Gasteiger charge is 2.11. The van der Waals surface area contributed by atoms with Crippen LogP contribution in [-0.2, 0) is 9.53 Å². The molecule has 0 aliphatic rings. The summed E-state index contributed by atoms with van der Waals surface area (Å²) in [5.74, 6) is 0.908. The zero-order chi connectivity index (χ0) is 17.1. The van der Waals surface area contributed by atoms with Crippen molar-refractivity contribution in [3.8, 4) is 11.5 Å². The molecule has 0 atom stereocenters. The molecule has 0 aliphatic carbocycles. The Morgan fingerprint density at radius 1 is 1.30 bits per heavy atom. The van der Waals surface area contributed by atoms with Gasteiger partial charge in [-0.05, 0) is 36.6 Å². The van der Waals surface area contributed by atoms with Gasteiger partial charge in [0, 0.05) is 26.3 Å². The van der Waals surface area contributed by atoms with Crippen molar-refractivity contribution in [3.63, 3.8) is 0 Å². The lowest BCUT2D eigenvalue weighted by Crippen LogP contribution is -2.22. The fraction of sp³-hybridized carbons (Fsp3) is 0.471. The number of hydrogen-bond donors (Lipinski definition) is 1. The van der Waals surface area contributed by atoms with Crippen LogP contribution in [0.5, 0.6) is 11.5 Å². The molecule has 0 radical (unpaired) electrons. The Morgan fingerprint density at radius 2 is 2.09 bits per heavy atom. The van der Waals surface area contributed by atoms with Gasteiger partial charge >= 0.3 is 0 Å². The first-order valence-electron chi connectivity index (χ1n) is 7.57. The number of benzene rings is 1. The summed E-state index contributed by atoms with van der Waals surface area (Å²) in [4.78, 5) is 11.7. The third kappa shape index (κ3) is 6.93. The summed E-state index contributed by atoms with van der Waals surface area (Å²) in [5, 5.41) is 3.23. The molecule has 0 heterocycles. The first-order valence-corrected chi connectivity index (χ1v) is 7.95. The van der Waals surface area contributed by atoms with Gasteiger partial charge in [-0.3, -0.25) is 4.79 Å². The average Bonchev–Trinajstić information content (AvgIpc) is 2.55. The van der Waals surface area contributed by atoms with Crippen molar-refractivity contribution < 1.29 is 19.0 Å². The van der Waals surface area contributed by atoms with E-state index < -0.39 is 0 Å². The molecule has 1 rings (SSSR count). The topological polar surface area (TPSA) is 56.8 Å². The Morgan fingerprint density at radius 3 is 2.74 bits per heavy atom. The Bertz CT molecular complexity index is 532. The van der Waals surface area contributed by atoms with E-state index in [1.54, 1.807) is 32.4 Å². The van der Waals surface area contributed by atoms with E-state index in [1.165, 1.54) is 6.08 Å².